The van der Waals surface area contributed by atoms with E-state index in [-0.39, 0.29) is 18.4 Å². The Labute approximate surface area is 125 Å². The Balaban J connectivity index is 1.68. The summed E-state index contributed by atoms with van der Waals surface area (Å²) in [6.07, 6.45) is 10.2. The number of carbonyl (C=O) groups excluding carboxylic acids is 1. The van der Waals surface area contributed by atoms with Crippen LogP contribution in [0.2, 0.25) is 0 Å². The van der Waals surface area contributed by atoms with Crippen LogP contribution in [0.1, 0.15) is 63.1 Å². The van der Waals surface area contributed by atoms with Crippen LogP contribution < -0.4 is 0 Å². The number of carbonyl (C=O) groups is 1. The van der Waals surface area contributed by atoms with E-state index in [0.717, 1.165) is 50.8 Å². The van der Waals surface area contributed by atoms with Gasteiger partial charge in [0, 0.05) is 12.7 Å². The number of nitrogens with zero attached hydrogens (tertiary/aromatic N) is 3. The van der Waals surface area contributed by atoms with Crippen LogP contribution in [0.15, 0.2) is 18.6 Å². The summed E-state index contributed by atoms with van der Waals surface area (Å²) >= 11 is 0. The molecule has 0 radical (unpaired) electrons. The van der Waals surface area contributed by atoms with Gasteiger partial charge in [-0.3, -0.25) is 4.79 Å². The van der Waals surface area contributed by atoms with Gasteiger partial charge in [-0.1, -0.05) is 19.3 Å². The van der Waals surface area contributed by atoms with Gasteiger partial charge >= 0.3 is 0 Å². The van der Waals surface area contributed by atoms with E-state index in [1.54, 1.807) is 6.20 Å². The average Bonchev–Trinajstić information content (AvgIpc) is 2.98. The lowest BCUT2D eigenvalue weighted by atomic mass is 9.82. The molecule has 0 bridgehead atoms. The minimum absolute atomic E-state index is 0.0488. The first-order chi connectivity index (χ1) is 10.2. The van der Waals surface area contributed by atoms with Crippen LogP contribution in [0.4, 0.5) is 0 Å². The standard InChI is InChI=1S/C16H23N3O2/c20-15(11-16(21)7-2-1-3-8-16)19-10-4-5-14(19)13-6-9-17-12-18-13/h6,9,12,14,21H,1-5,7-8,10-11H2/t14-/m0/s1. The minimum atomic E-state index is -0.784. The van der Waals surface area contributed by atoms with Crippen molar-refractivity contribution in [1.82, 2.24) is 14.9 Å². The van der Waals surface area contributed by atoms with E-state index in [1.165, 1.54) is 12.7 Å². The van der Waals surface area contributed by atoms with Crippen molar-refractivity contribution in [1.29, 1.82) is 0 Å². The average molecular weight is 289 g/mol. The van der Waals surface area contributed by atoms with E-state index in [2.05, 4.69) is 9.97 Å². The number of amides is 1. The molecule has 5 heteroatoms. The molecule has 0 spiro atoms. The summed E-state index contributed by atoms with van der Waals surface area (Å²) in [6, 6.07) is 1.93. The third-order valence-corrected chi connectivity index (χ3v) is 4.78. The Morgan fingerprint density at radius 2 is 2.14 bits per heavy atom. The number of rotatable bonds is 3. The largest absolute Gasteiger partial charge is 0.389 e. The molecule has 5 nitrogen and oxygen atoms in total. The summed E-state index contributed by atoms with van der Waals surface area (Å²) in [4.78, 5) is 22.7. The fourth-order valence-corrected chi connectivity index (χ4v) is 3.64. The van der Waals surface area contributed by atoms with Gasteiger partial charge in [0.05, 0.1) is 23.8 Å². The highest BCUT2D eigenvalue weighted by molar-refractivity contribution is 5.78. The van der Waals surface area contributed by atoms with E-state index in [0.29, 0.717) is 0 Å². The summed E-state index contributed by atoms with van der Waals surface area (Å²) in [5, 5.41) is 10.6. The molecule has 1 aromatic rings. The second-order valence-electron chi connectivity index (χ2n) is 6.34. The molecule has 1 atom stereocenters. The summed E-state index contributed by atoms with van der Waals surface area (Å²) < 4.78 is 0. The van der Waals surface area contributed by atoms with Crippen LogP contribution in [0.3, 0.4) is 0 Å². The predicted molar refractivity (Wildman–Crippen MR) is 78.4 cm³/mol. The van der Waals surface area contributed by atoms with Gasteiger partial charge in [0.25, 0.3) is 0 Å². The zero-order valence-corrected chi connectivity index (χ0v) is 12.4. The lowest BCUT2D eigenvalue weighted by molar-refractivity contribution is -0.138. The molecule has 1 N–H and O–H groups in total. The summed E-state index contributed by atoms with van der Waals surface area (Å²) in [5.41, 5.74) is 0.125. The van der Waals surface area contributed by atoms with Gasteiger partial charge in [-0.15, -0.1) is 0 Å². The van der Waals surface area contributed by atoms with Crippen LogP contribution in [0, 0.1) is 0 Å². The number of hydrogen-bond acceptors (Lipinski definition) is 4. The molecular formula is C16H23N3O2. The van der Waals surface area contributed by atoms with Crippen LogP contribution in [-0.2, 0) is 4.79 Å². The zero-order valence-electron chi connectivity index (χ0n) is 12.4. The predicted octanol–water partition coefficient (Wildman–Crippen LogP) is 2.23. The summed E-state index contributed by atoms with van der Waals surface area (Å²) in [5.74, 6) is 0.0699. The van der Waals surface area contributed by atoms with Crippen LogP contribution in [0.5, 0.6) is 0 Å². The van der Waals surface area contributed by atoms with Gasteiger partial charge in [0.1, 0.15) is 6.33 Å². The molecule has 2 heterocycles. The normalized spacial score (nSPS) is 25.0. The highest BCUT2D eigenvalue weighted by atomic mass is 16.3. The van der Waals surface area contributed by atoms with Crippen molar-refractivity contribution in [3.8, 4) is 0 Å². The quantitative estimate of drug-likeness (QED) is 0.926. The Morgan fingerprint density at radius 1 is 1.33 bits per heavy atom. The molecule has 2 fully saturated rings. The molecule has 21 heavy (non-hydrogen) atoms. The Hall–Kier alpha value is -1.49. The summed E-state index contributed by atoms with van der Waals surface area (Å²) in [6.45, 7) is 0.767. The molecule has 3 rings (SSSR count). The van der Waals surface area contributed by atoms with Crippen LogP contribution >= 0.6 is 0 Å². The molecule has 114 valence electrons. The molecule has 1 saturated heterocycles. The third kappa shape index (κ3) is 3.23. The number of aliphatic hydroxyl groups is 1. The van der Waals surface area contributed by atoms with Crippen molar-refractivity contribution in [3.05, 3.63) is 24.3 Å². The molecule has 0 unspecified atom stereocenters. The van der Waals surface area contributed by atoms with Crippen molar-refractivity contribution < 1.29 is 9.90 Å². The number of aromatic nitrogens is 2. The second kappa shape index (κ2) is 6.10. The number of hydrogen-bond donors (Lipinski definition) is 1. The molecular weight excluding hydrogens is 266 g/mol. The van der Waals surface area contributed by atoms with E-state index in [9.17, 15) is 9.90 Å². The van der Waals surface area contributed by atoms with Crippen molar-refractivity contribution >= 4 is 5.91 Å². The third-order valence-electron chi connectivity index (χ3n) is 4.78. The Kier molecular flexibility index (Phi) is 4.19. The Morgan fingerprint density at radius 3 is 2.86 bits per heavy atom. The number of likely N-dealkylation sites (tertiary alicyclic amines) is 1. The van der Waals surface area contributed by atoms with Gasteiger partial charge in [-0.2, -0.15) is 0 Å². The van der Waals surface area contributed by atoms with Gasteiger partial charge < -0.3 is 10.0 Å². The van der Waals surface area contributed by atoms with Gasteiger partial charge in [-0.25, -0.2) is 9.97 Å². The molecule has 1 aliphatic heterocycles. The highest BCUT2D eigenvalue weighted by Crippen LogP contribution is 2.35. The van der Waals surface area contributed by atoms with E-state index in [4.69, 9.17) is 0 Å². The zero-order chi connectivity index (χ0) is 14.7. The van der Waals surface area contributed by atoms with Crippen molar-refractivity contribution in [2.45, 2.75) is 63.0 Å². The van der Waals surface area contributed by atoms with E-state index >= 15 is 0 Å². The van der Waals surface area contributed by atoms with E-state index < -0.39 is 5.60 Å². The lowest BCUT2D eigenvalue weighted by Gasteiger charge is -2.34. The maximum Gasteiger partial charge on any atom is 0.226 e. The monoisotopic (exact) mass is 289 g/mol. The lowest BCUT2D eigenvalue weighted by Crippen LogP contribution is -2.40. The van der Waals surface area contributed by atoms with Crippen LogP contribution in [-0.4, -0.2) is 38.0 Å². The molecule has 1 aromatic heterocycles. The fourth-order valence-electron chi connectivity index (χ4n) is 3.64. The fraction of sp³-hybridized carbons (Fsp3) is 0.688. The first-order valence-corrected chi connectivity index (χ1v) is 7.96. The smallest absolute Gasteiger partial charge is 0.226 e. The van der Waals surface area contributed by atoms with Gasteiger partial charge in [0.2, 0.25) is 5.91 Å². The molecule has 2 aliphatic rings. The first kappa shape index (κ1) is 14.4. The van der Waals surface area contributed by atoms with Gasteiger partial charge in [0.15, 0.2) is 0 Å². The highest BCUT2D eigenvalue weighted by Gasteiger charge is 2.37. The SMILES string of the molecule is O=C(CC1(O)CCCCC1)N1CCC[C@H]1c1ccncn1. The minimum Gasteiger partial charge on any atom is -0.389 e. The maximum atomic E-state index is 12.6. The molecule has 1 aliphatic carbocycles. The summed E-state index contributed by atoms with van der Waals surface area (Å²) in [7, 11) is 0. The topological polar surface area (TPSA) is 66.3 Å². The first-order valence-electron chi connectivity index (χ1n) is 7.96. The molecule has 1 saturated carbocycles. The van der Waals surface area contributed by atoms with Gasteiger partial charge in [-0.05, 0) is 31.7 Å². The van der Waals surface area contributed by atoms with Crippen molar-refractivity contribution in [3.63, 3.8) is 0 Å². The van der Waals surface area contributed by atoms with E-state index in [1.807, 2.05) is 11.0 Å². The maximum absolute atomic E-state index is 12.6. The Bertz CT molecular complexity index is 486. The van der Waals surface area contributed by atoms with Crippen LogP contribution in [0.25, 0.3) is 0 Å². The second-order valence-corrected chi connectivity index (χ2v) is 6.34. The molecule has 1 amide bonds. The molecule has 0 aromatic carbocycles. The van der Waals surface area contributed by atoms with Crippen molar-refractivity contribution in [2.75, 3.05) is 6.54 Å². The van der Waals surface area contributed by atoms with Crippen molar-refractivity contribution in [2.24, 2.45) is 0 Å².